The molecule has 4 atom stereocenters. The van der Waals surface area contributed by atoms with Gasteiger partial charge in [0.2, 0.25) is 23.5 Å². The molecule has 1 aliphatic carbocycles. The average molecular weight is 470 g/mol. The molecule has 1 aromatic heterocycles. The van der Waals surface area contributed by atoms with Crippen molar-refractivity contribution in [1.82, 2.24) is 20.4 Å². The fourth-order valence-electron chi connectivity index (χ4n) is 4.82. The van der Waals surface area contributed by atoms with E-state index in [0.29, 0.717) is 11.7 Å². The van der Waals surface area contributed by atoms with Gasteiger partial charge in [-0.25, -0.2) is 4.79 Å². The standard InChI is InChI=1S/C24H31N5O5/c1-13-26-21(28-34-13)15-7-5-14(6-8-15)11-18(20(25)30)27-22(31)19-16-9-10-17(12-16)29(19)23(32)33-24(2,3)4/h5-8,16-19H,9-12H2,1-4H3,(H2,25,30)(H,27,31)/t16-,17+,18-,19-/m0/s1. The van der Waals surface area contributed by atoms with Gasteiger partial charge in [0.05, 0.1) is 0 Å². The number of aromatic nitrogens is 2. The highest BCUT2D eigenvalue weighted by molar-refractivity contribution is 5.91. The molecule has 2 fully saturated rings. The molecular formula is C24H31N5O5. The van der Waals surface area contributed by atoms with Crippen molar-refractivity contribution >= 4 is 17.9 Å². The SMILES string of the molecule is Cc1nc(-c2ccc(C[C@H](NC(=O)[C@@H]3[C@H]4CC[C@H](C4)N3C(=O)OC(C)(C)C)C(N)=O)cc2)no1. The fraction of sp³-hybridized carbons (Fsp3) is 0.542. The van der Waals surface area contributed by atoms with E-state index in [1.807, 2.05) is 24.3 Å². The van der Waals surface area contributed by atoms with Gasteiger partial charge in [-0.1, -0.05) is 29.4 Å². The van der Waals surface area contributed by atoms with Crippen LogP contribution in [0.15, 0.2) is 28.8 Å². The molecule has 3 amide bonds. The molecule has 182 valence electrons. The largest absolute Gasteiger partial charge is 0.444 e. The quantitative estimate of drug-likeness (QED) is 0.661. The molecule has 4 rings (SSSR count). The Morgan fingerprint density at radius 1 is 1.24 bits per heavy atom. The molecule has 0 spiro atoms. The van der Waals surface area contributed by atoms with Gasteiger partial charge < -0.3 is 20.3 Å². The number of nitrogens with zero attached hydrogens (tertiary/aromatic N) is 3. The summed E-state index contributed by atoms with van der Waals surface area (Å²) >= 11 is 0. The van der Waals surface area contributed by atoms with Gasteiger partial charge in [0.1, 0.15) is 17.7 Å². The van der Waals surface area contributed by atoms with Gasteiger partial charge in [0, 0.05) is 24.9 Å². The first-order valence-electron chi connectivity index (χ1n) is 11.5. The number of likely N-dealkylation sites (tertiary alicyclic amines) is 1. The first-order valence-corrected chi connectivity index (χ1v) is 11.5. The van der Waals surface area contributed by atoms with Crippen LogP contribution < -0.4 is 11.1 Å². The van der Waals surface area contributed by atoms with Crippen LogP contribution in [0.1, 0.15) is 51.5 Å². The molecule has 0 unspecified atom stereocenters. The molecule has 1 saturated carbocycles. The smallest absolute Gasteiger partial charge is 0.411 e. The second-order valence-corrected chi connectivity index (χ2v) is 10.1. The number of rotatable bonds is 6. The average Bonchev–Trinajstić information content (AvgIpc) is 3.48. The van der Waals surface area contributed by atoms with Crippen LogP contribution in [0.3, 0.4) is 0 Å². The highest BCUT2D eigenvalue weighted by Crippen LogP contribution is 2.43. The lowest BCUT2D eigenvalue weighted by molar-refractivity contribution is -0.132. The zero-order valence-electron chi connectivity index (χ0n) is 19.9. The number of hydrogen-bond donors (Lipinski definition) is 2. The van der Waals surface area contributed by atoms with E-state index in [2.05, 4.69) is 15.5 Å². The highest BCUT2D eigenvalue weighted by atomic mass is 16.6. The number of aryl methyl sites for hydroxylation is 1. The van der Waals surface area contributed by atoms with Crippen molar-refractivity contribution in [3.8, 4) is 11.4 Å². The maximum absolute atomic E-state index is 13.3. The van der Waals surface area contributed by atoms with E-state index in [0.717, 1.165) is 30.4 Å². The summed E-state index contributed by atoms with van der Waals surface area (Å²) < 4.78 is 10.6. The molecule has 1 aliphatic heterocycles. The van der Waals surface area contributed by atoms with Crippen molar-refractivity contribution in [2.75, 3.05) is 0 Å². The number of ether oxygens (including phenoxy) is 1. The molecule has 10 heteroatoms. The van der Waals surface area contributed by atoms with Gasteiger partial charge in [-0.3, -0.25) is 14.5 Å². The summed E-state index contributed by atoms with van der Waals surface area (Å²) in [5.41, 5.74) is 6.54. The van der Waals surface area contributed by atoms with Gasteiger partial charge >= 0.3 is 6.09 Å². The highest BCUT2D eigenvalue weighted by Gasteiger charge is 2.52. The minimum atomic E-state index is -0.912. The normalized spacial score (nSPS) is 22.5. The Balaban J connectivity index is 1.45. The molecule has 1 aromatic carbocycles. The molecule has 2 bridgehead atoms. The summed E-state index contributed by atoms with van der Waals surface area (Å²) in [6.07, 6.45) is 2.19. The maximum Gasteiger partial charge on any atom is 0.411 e. The zero-order valence-corrected chi connectivity index (χ0v) is 19.9. The second-order valence-electron chi connectivity index (χ2n) is 10.1. The van der Waals surface area contributed by atoms with Gasteiger partial charge in [-0.05, 0) is 51.5 Å². The third-order valence-corrected chi connectivity index (χ3v) is 6.30. The predicted molar refractivity (Wildman–Crippen MR) is 122 cm³/mol. The number of piperidine rings is 1. The van der Waals surface area contributed by atoms with Crippen LogP contribution in [-0.2, 0) is 20.7 Å². The van der Waals surface area contributed by atoms with Crippen molar-refractivity contribution in [2.24, 2.45) is 11.7 Å². The Labute approximate surface area is 198 Å². The van der Waals surface area contributed by atoms with Crippen LogP contribution in [0.5, 0.6) is 0 Å². The van der Waals surface area contributed by atoms with Crippen molar-refractivity contribution in [3.63, 3.8) is 0 Å². The minimum absolute atomic E-state index is 0.0241. The van der Waals surface area contributed by atoms with Crippen LogP contribution in [0, 0.1) is 12.8 Å². The van der Waals surface area contributed by atoms with E-state index in [4.69, 9.17) is 15.0 Å². The third-order valence-electron chi connectivity index (χ3n) is 6.30. The van der Waals surface area contributed by atoms with E-state index < -0.39 is 29.7 Å². The summed E-state index contributed by atoms with van der Waals surface area (Å²) in [6, 6.07) is 5.69. The molecule has 10 nitrogen and oxygen atoms in total. The minimum Gasteiger partial charge on any atom is -0.444 e. The van der Waals surface area contributed by atoms with Crippen molar-refractivity contribution in [2.45, 2.75) is 77.1 Å². The lowest BCUT2D eigenvalue weighted by Gasteiger charge is -2.36. The van der Waals surface area contributed by atoms with E-state index >= 15 is 0 Å². The molecule has 34 heavy (non-hydrogen) atoms. The lowest BCUT2D eigenvalue weighted by Crippen LogP contribution is -2.57. The summed E-state index contributed by atoms with van der Waals surface area (Å²) in [5.74, 6) is -0.0263. The Morgan fingerprint density at radius 2 is 1.94 bits per heavy atom. The van der Waals surface area contributed by atoms with E-state index in [-0.39, 0.29) is 24.3 Å². The first kappa shape index (κ1) is 23.7. The van der Waals surface area contributed by atoms with Crippen molar-refractivity contribution in [1.29, 1.82) is 0 Å². The molecule has 2 heterocycles. The molecular weight excluding hydrogens is 438 g/mol. The van der Waals surface area contributed by atoms with E-state index in [9.17, 15) is 14.4 Å². The van der Waals surface area contributed by atoms with Gasteiger partial charge in [-0.2, -0.15) is 4.98 Å². The van der Waals surface area contributed by atoms with E-state index in [1.54, 1.807) is 32.6 Å². The number of amides is 3. The molecule has 2 aromatic rings. The number of benzene rings is 1. The summed E-state index contributed by atoms with van der Waals surface area (Å²) in [6.45, 7) is 7.10. The van der Waals surface area contributed by atoms with Crippen LogP contribution in [0.4, 0.5) is 4.79 Å². The Kier molecular flexibility index (Phi) is 6.33. The van der Waals surface area contributed by atoms with Gasteiger partial charge in [0.15, 0.2) is 0 Å². The lowest BCUT2D eigenvalue weighted by atomic mass is 9.97. The van der Waals surface area contributed by atoms with Crippen molar-refractivity contribution < 1.29 is 23.6 Å². The third kappa shape index (κ3) is 5.05. The van der Waals surface area contributed by atoms with Crippen LogP contribution in [-0.4, -0.2) is 56.7 Å². The number of nitrogens with two attached hydrogens (primary N) is 1. The molecule has 1 saturated heterocycles. The number of carbonyl (C=O) groups excluding carboxylic acids is 3. The van der Waals surface area contributed by atoms with Gasteiger partial charge in [-0.15, -0.1) is 0 Å². The predicted octanol–water partition coefficient (Wildman–Crippen LogP) is 2.35. The Morgan fingerprint density at radius 3 is 2.53 bits per heavy atom. The molecule has 3 N–H and O–H groups in total. The fourth-order valence-corrected chi connectivity index (χ4v) is 4.82. The number of nitrogens with one attached hydrogen (secondary N) is 1. The monoisotopic (exact) mass is 469 g/mol. The van der Waals surface area contributed by atoms with Crippen molar-refractivity contribution in [3.05, 3.63) is 35.7 Å². The summed E-state index contributed by atoms with van der Waals surface area (Å²) in [7, 11) is 0. The molecule has 2 aliphatic rings. The zero-order chi connectivity index (χ0) is 24.6. The van der Waals surface area contributed by atoms with Crippen LogP contribution in [0.2, 0.25) is 0 Å². The maximum atomic E-state index is 13.3. The number of fused-ring (bicyclic) bond motifs is 2. The summed E-state index contributed by atoms with van der Waals surface area (Å²) in [4.78, 5) is 44.0. The Hall–Kier alpha value is -3.43. The van der Waals surface area contributed by atoms with Gasteiger partial charge in [0.25, 0.3) is 0 Å². The number of hydrogen-bond acceptors (Lipinski definition) is 7. The molecule has 0 radical (unpaired) electrons. The second kappa shape index (κ2) is 9.08. The first-order chi connectivity index (χ1) is 16.0. The van der Waals surface area contributed by atoms with Crippen LogP contribution >= 0.6 is 0 Å². The number of primary amides is 1. The Bertz CT molecular complexity index is 1070. The topological polar surface area (TPSA) is 141 Å². The van der Waals surface area contributed by atoms with E-state index in [1.165, 1.54) is 0 Å². The summed E-state index contributed by atoms with van der Waals surface area (Å²) in [5, 5.41) is 6.68. The van der Waals surface area contributed by atoms with Crippen LogP contribution in [0.25, 0.3) is 11.4 Å². The number of carbonyl (C=O) groups is 3.